The zero-order valence-corrected chi connectivity index (χ0v) is 16.0. The lowest BCUT2D eigenvalue weighted by molar-refractivity contribution is -0.137. The molecule has 0 unspecified atom stereocenters. The Balaban J connectivity index is 1.61. The highest BCUT2D eigenvalue weighted by Crippen LogP contribution is 2.18. The van der Waals surface area contributed by atoms with Gasteiger partial charge in [-0.3, -0.25) is 4.79 Å². The fraction of sp³-hybridized carbons (Fsp3) is 0.286. The summed E-state index contributed by atoms with van der Waals surface area (Å²) >= 11 is 0. The molecule has 0 spiro atoms. The number of carbonyl (C=O) groups excluding carboxylic acids is 1. The van der Waals surface area contributed by atoms with Gasteiger partial charge in [-0.1, -0.05) is 47.1 Å². The Morgan fingerprint density at radius 1 is 1.15 bits per heavy atom. The van der Waals surface area contributed by atoms with Gasteiger partial charge in [0.25, 0.3) is 5.91 Å². The Labute approximate surface area is 158 Å². The molecule has 0 saturated heterocycles. The van der Waals surface area contributed by atoms with E-state index in [1.807, 2.05) is 62.4 Å². The van der Waals surface area contributed by atoms with E-state index >= 15 is 0 Å². The van der Waals surface area contributed by atoms with E-state index in [1.54, 1.807) is 14.0 Å². The van der Waals surface area contributed by atoms with Crippen LogP contribution in [0.1, 0.15) is 23.9 Å². The molecule has 6 heteroatoms. The van der Waals surface area contributed by atoms with Crippen LogP contribution in [0.4, 0.5) is 0 Å². The molecule has 0 radical (unpaired) electrons. The van der Waals surface area contributed by atoms with Crippen molar-refractivity contribution < 1.29 is 14.1 Å². The van der Waals surface area contributed by atoms with Crippen LogP contribution in [0.15, 0.2) is 53.1 Å². The summed E-state index contributed by atoms with van der Waals surface area (Å²) in [4.78, 5) is 18.5. The van der Waals surface area contributed by atoms with Gasteiger partial charge in [0.05, 0.1) is 6.54 Å². The molecule has 0 aliphatic carbocycles. The maximum Gasteiger partial charge on any atom is 0.263 e. The minimum atomic E-state index is -0.615. The molecule has 3 rings (SSSR count). The standard InChI is InChI=1S/C21H23N3O3/c1-14-8-10-17(11-9-14)20-22-19(27-23-20)13-24(4)21(25)16(3)26-18-7-5-6-15(2)12-18/h5-12,16H,13H2,1-4H3/t16-/m0/s1. The van der Waals surface area contributed by atoms with Crippen molar-refractivity contribution in [3.63, 3.8) is 0 Å². The van der Waals surface area contributed by atoms with E-state index in [0.29, 0.717) is 17.5 Å². The maximum atomic E-state index is 12.6. The van der Waals surface area contributed by atoms with Crippen molar-refractivity contribution in [2.24, 2.45) is 0 Å². The first-order valence-corrected chi connectivity index (χ1v) is 8.80. The number of aromatic nitrogens is 2. The van der Waals surface area contributed by atoms with Gasteiger partial charge < -0.3 is 14.2 Å². The summed E-state index contributed by atoms with van der Waals surface area (Å²) in [6, 6.07) is 15.5. The molecule has 1 heterocycles. The van der Waals surface area contributed by atoms with Crippen molar-refractivity contribution in [1.82, 2.24) is 15.0 Å². The van der Waals surface area contributed by atoms with Crippen LogP contribution >= 0.6 is 0 Å². The molecule has 2 aromatic carbocycles. The number of hydrogen-bond donors (Lipinski definition) is 0. The van der Waals surface area contributed by atoms with Crippen molar-refractivity contribution >= 4 is 5.91 Å². The second-order valence-electron chi connectivity index (χ2n) is 6.65. The number of ether oxygens (including phenoxy) is 1. The van der Waals surface area contributed by atoms with Gasteiger partial charge in [0.15, 0.2) is 6.10 Å². The van der Waals surface area contributed by atoms with Crippen LogP contribution in [0.3, 0.4) is 0 Å². The van der Waals surface area contributed by atoms with Crippen LogP contribution in [0.2, 0.25) is 0 Å². The number of carbonyl (C=O) groups is 1. The van der Waals surface area contributed by atoms with Crippen molar-refractivity contribution in [2.75, 3.05) is 7.05 Å². The molecule has 0 N–H and O–H groups in total. The molecule has 140 valence electrons. The van der Waals surface area contributed by atoms with E-state index in [9.17, 15) is 4.79 Å². The second kappa shape index (κ2) is 8.03. The summed E-state index contributed by atoms with van der Waals surface area (Å²) in [5, 5.41) is 4.00. The molecule has 27 heavy (non-hydrogen) atoms. The molecule has 0 saturated carbocycles. The van der Waals surface area contributed by atoms with E-state index in [0.717, 1.165) is 16.7 Å². The third-order valence-corrected chi connectivity index (χ3v) is 4.18. The molecule has 1 atom stereocenters. The second-order valence-corrected chi connectivity index (χ2v) is 6.65. The van der Waals surface area contributed by atoms with Gasteiger partial charge in [-0.25, -0.2) is 0 Å². The number of aryl methyl sites for hydroxylation is 2. The first kappa shape index (κ1) is 18.6. The minimum Gasteiger partial charge on any atom is -0.481 e. The summed E-state index contributed by atoms with van der Waals surface area (Å²) in [5.74, 6) is 1.40. The largest absolute Gasteiger partial charge is 0.481 e. The first-order valence-electron chi connectivity index (χ1n) is 8.80. The van der Waals surface area contributed by atoms with Crippen LogP contribution in [0.5, 0.6) is 5.75 Å². The van der Waals surface area contributed by atoms with Gasteiger partial charge >= 0.3 is 0 Å². The number of amides is 1. The fourth-order valence-corrected chi connectivity index (χ4v) is 2.67. The topological polar surface area (TPSA) is 68.5 Å². The molecule has 0 aliphatic heterocycles. The molecular formula is C21H23N3O3. The minimum absolute atomic E-state index is 0.161. The average molecular weight is 365 g/mol. The molecular weight excluding hydrogens is 342 g/mol. The van der Waals surface area contributed by atoms with Crippen molar-refractivity contribution in [3.05, 3.63) is 65.5 Å². The lowest BCUT2D eigenvalue weighted by Crippen LogP contribution is -2.37. The summed E-state index contributed by atoms with van der Waals surface area (Å²) < 4.78 is 11.0. The highest BCUT2D eigenvalue weighted by Gasteiger charge is 2.21. The van der Waals surface area contributed by atoms with E-state index in [2.05, 4.69) is 10.1 Å². The first-order chi connectivity index (χ1) is 12.9. The van der Waals surface area contributed by atoms with Gasteiger partial charge in [-0.2, -0.15) is 4.98 Å². The smallest absolute Gasteiger partial charge is 0.263 e. The zero-order valence-electron chi connectivity index (χ0n) is 16.0. The normalized spacial score (nSPS) is 11.9. The monoisotopic (exact) mass is 365 g/mol. The number of hydrogen-bond acceptors (Lipinski definition) is 5. The molecule has 1 amide bonds. The number of rotatable bonds is 6. The van der Waals surface area contributed by atoms with E-state index in [-0.39, 0.29) is 12.5 Å². The van der Waals surface area contributed by atoms with Gasteiger partial charge in [0, 0.05) is 12.6 Å². The Hall–Kier alpha value is -3.15. The summed E-state index contributed by atoms with van der Waals surface area (Å²) in [6.45, 7) is 5.95. The van der Waals surface area contributed by atoms with Crippen molar-refractivity contribution in [3.8, 4) is 17.1 Å². The Morgan fingerprint density at radius 2 is 1.89 bits per heavy atom. The molecule has 0 fully saturated rings. The molecule has 0 aliphatic rings. The average Bonchev–Trinajstić information content (AvgIpc) is 3.10. The lowest BCUT2D eigenvalue weighted by atomic mass is 10.1. The van der Waals surface area contributed by atoms with Crippen LogP contribution < -0.4 is 4.74 Å². The van der Waals surface area contributed by atoms with E-state index in [4.69, 9.17) is 9.26 Å². The SMILES string of the molecule is Cc1ccc(-c2noc(CN(C)C(=O)[C@H](C)Oc3cccc(C)c3)n2)cc1. The van der Waals surface area contributed by atoms with Gasteiger partial charge in [0.1, 0.15) is 5.75 Å². The number of likely N-dealkylation sites (N-methyl/N-ethyl adjacent to an activating group) is 1. The number of nitrogens with zero attached hydrogens (tertiary/aromatic N) is 3. The predicted octanol–water partition coefficient (Wildman–Crippen LogP) is 3.78. The lowest BCUT2D eigenvalue weighted by Gasteiger charge is -2.20. The van der Waals surface area contributed by atoms with E-state index < -0.39 is 6.10 Å². The maximum absolute atomic E-state index is 12.6. The summed E-state index contributed by atoms with van der Waals surface area (Å²) in [6.07, 6.45) is -0.615. The van der Waals surface area contributed by atoms with Crippen LogP contribution in [0, 0.1) is 13.8 Å². The van der Waals surface area contributed by atoms with Crippen LogP contribution in [-0.2, 0) is 11.3 Å². The third kappa shape index (κ3) is 4.73. The van der Waals surface area contributed by atoms with Crippen molar-refractivity contribution in [1.29, 1.82) is 0 Å². The third-order valence-electron chi connectivity index (χ3n) is 4.18. The van der Waals surface area contributed by atoms with Crippen LogP contribution in [-0.4, -0.2) is 34.1 Å². The Bertz CT molecular complexity index is 918. The molecule has 3 aromatic rings. The van der Waals surface area contributed by atoms with Gasteiger partial charge in [-0.15, -0.1) is 0 Å². The quantitative estimate of drug-likeness (QED) is 0.665. The molecule has 0 bridgehead atoms. The Morgan fingerprint density at radius 3 is 2.59 bits per heavy atom. The van der Waals surface area contributed by atoms with E-state index in [1.165, 1.54) is 4.90 Å². The van der Waals surface area contributed by atoms with Crippen LogP contribution in [0.25, 0.3) is 11.4 Å². The highest BCUT2D eigenvalue weighted by molar-refractivity contribution is 5.80. The van der Waals surface area contributed by atoms with Crippen molar-refractivity contribution in [2.45, 2.75) is 33.4 Å². The number of benzene rings is 2. The summed E-state index contributed by atoms with van der Waals surface area (Å²) in [7, 11) is 1.69. The van der Waals surface area contributed by atoms with Gasteiger partial charge in [0.2, 0.25) is 11.7 Å². The Kier molecular flexibility index (Phi) is 5.54. The zero-order chi connectivity index (χ0) is 19.4. The predicted molar refractivity (Wildman–Crippen MR) is 102 cm³/mol. The highest BCUT2D eigenvalue weighted by atomic mass is 16.5. The summed E-state index contributed by atoms with van der Waals surface area (Å²) in [5.41, 5.74) is 3.12. The fourth-order valence-electron chi connectivity index (χ4n) is 2.67. The molecule has 6 nitrogen and oxygen atoms in total. The van der Waals surface area contributed by atoms with Gasteiger partial charge in [-0.05, 0) is 38.5 Å². The molecule has 1 aromatic heterocycles.